The molecule has 0 bridgehead atoms. The van der Waals surface area contributed by atoms with Crippen LogP contribution in [-0.4, -0.2) is 23.4 Å². The molecule has 1 heterocycles. The molecule has 0 fully saturated rings. The van der Waals surface area contributed by atoms with Crippen LogP contribution >= 0.6 is 12.1 Å². The van der Waals surface area contributed by atoms with Gasteiger partial charge in [-0.2, -0.15) is 0 Å². The number of hydrogen-bond acceptors (Lipinski definition) is 4. The van der Waals surface area contributed by atoms with Gasteiger partial charge in [0.25, 0.3) is 0 Å². The minimum atomic E-state index is 0.888. The van der Waals surface area contributed by atoms with Crippen LogP contribution in [0.25, 0.3) is 0 Å². The summed E-state index contributed by atoms with van der Waals surface area (Å²) in [6, 6.07) is 4.00. The fourth-order valence-electron chi connectivity index (χ4n) is 0.666. The molecule has 0 saturated heterocycles. The summed E-state index contributed by atoms with van der Waals surface area (Å²) in [4.78, 5) is 4.19. The minimum absolute atomic E-state index is 0.888. The Labute approximate surface area is 77.4 Å². The molecule has 0 saturated carbocycles. The minimum Gasteiger partial charge on any atom is -0.301 e. The standard InChI is InChI=1S/C8H13N3S/c1-7-4-5-8(9-6-7)10-12-11(2)3/h4-6H,1-3H3,(H,9,10). The predicted octanol–water partition coefficient (Wildman–Crippen LogP) is 1.93. The summed E-state index contributed by atoms with van der Waals surface area (Å²) in [6.45, 7) is 2.02. The largest absolute Gasteiger partial charge is 0.301 e. The molecule has 0 spiro atoms. The maximum Gasteiger partial charge on any atom is 0.136 e. The lowest BCUT2D eigenvalue weighted by Crippen LogP contribution is -2.04. The van der Waals surface area contributed by atoms with E-state index in [-0.39, 0.29) is 0 Å². The van der Waals surface area contributed by atoms with Crippen molar-refractivity contribution in [1.29, 1.82) is 0 Å². The highest BCUT2D eigenvalue weighted by Gasteiger charge is 1.93. The first kappa shape index (κ1) is 9.35. The average molecular weight is 183 g/mol. The third-order valence-corrected chi connectivity index (χ3v) is 1.91. The molecule has 3 nitrogen and oxygen atoms in total. The zero-order valence-electron chi connectivity index (χ0n) is 7.53. The Bertz CT molecular complexity index is 233. The summed E-state index contributed by atoms with van der Waals surface area (Å²) in [5.41, 5.74) is 1.18. The van der Waals surface area contributed by atoms with Crippen molar-refractivity contribution in [2.75, 3.05) is 18.8 Å². The van der Waals surface area contributed by atoms with Crippen LogP contribution in [0.5, 0.6) is 0 Å². The molecule has 0 aliphatic carbocycles. The van der Waals surface area contributed by atoms with E-state index < -0.39 is 0 Å². The molecular weight excluding hydrogens is 170 g/mol. The van der Waals surface area contributed by atoms with Crippen molar-refractivity contribution in [1.82, 2.24) is 9.29 Å². The number of aromatic nitrogens is 1. The van der Waals surface area contributed by atoms with Gasteiger partial charge in [-0.3, -0.25) is 0 Å². The van der Waals surface area contributed by atoms with Crippen molar-refractivity contribution in [3.8, 4) is 0 Å². The molecule has 1 aromatic heterocycles. The zero-order chi connectivity index (χ0) is 8.97. The quantitative estimate of drug-likeness (QED) is 0.725. The molecular formula is C8H13N3S. The maximum atomic E-state index is 4.19. The van der Waals surface area contributed by atoms with Crippen molar-refractivity contribution in [2.45, 2.75) is 6.92 Å². The first-order chi connectivity index (χ1) is 5.68. The Morgan fingerprint density at radius 3 is 2.67 bits per heavy atom. The normalized spacial score (nSPS) is 10.3. The maximum absolute atomic E-state index is 4.19. The molecule has 0 amide bonds. The van der Waals surface area contributed by atoms with Crippen molar-refractivity contribution in [2.24, 2.45) is 0 Å². The highest BCUT2D eigenvalue weighted by Crippen LogP contribution is 2.10. The van der Waals surface area contributed by atoms with Crippen LogP contribution in [0, 0.1) is 6.92 Å². The van der Waals surface area contributed by atoms with Crippen LogP contribution in [0.2, 0.25) is 0 Å². The number of anilines is 1. The van der Waals surface area contributed by atoms with Gasteiger partial charge < -0.3 is 4.72 Å². The van der Waals surface area contributed by atoms with Gasteiger partial charge in [0, 0.05) is 18.3 Å². The summed E-state index contributed by atoms with van der Waals surface area (Å²) in [7, 11) is 3.96. The van der Waals surface area contributed by atoms with Gasteiger partial charge in [0.15, 0.2) is 0 Å². The first-order valence-electron chi connectivity index (χ1n) is 3.71. The van der Waals surface area contributed by atoms with Crippen LogP contribution < -0.4 is 4.72 Å². The highest BCUT2D eigenvalue weighted by atomic mass is 32.2. The molecule has 0 aliphatic heterocycles. The molecule has 12 heavy (non-hydrogen) atoms. The second kappa shape index (κ2) is 4.33. The van der Waals surface area contributed by atoms with Gasteiger partial charge in [0.1, 0.15) is 5.82 Å². The topological polar surface area (TPSA) is 28.2 Å². The number of pyridine rings is 1. The monoisotopic (exact) mass is 183 g/mol. The first-order valence-corrected chi connectivity index (χ1v) is 4.49. The van der Waals surface area contributed by atoms with E-state index in [1.54, 1.807) is 0 Å². The summed E-state index contributed by atoms with van der Waals surface area (Å²) >= 11 is 1.51. The molecule has 0 unspecified atom stereocenters. The molecule has 0 atom stereocenters. The summed E-state index contributed by atoms with van der Waals surface area (Å²) in [6.07, 6.45) is 1.85. The fourth-order valence-corrected chi connectivity index (χ4v) is 1.06. The van der Waals surface area contributed by atoms with E-state index in [1.165, 1.54) is 17.7 Å². The van der Waals surface area contributed by atoms with Crippen LogP contribution in [0.3, 0.4) is 0 Å². The van der Waals surface area contributed by atoms with Crippen LogP contribution in [0.1, 0.15) is 5.56 Å². The number of aryl methyl sites for hydroxylation is 1. The van der Waals surface area contributed by atoms with E-state index in [0.717, 1.165) is 5.82 Å². The Morgan fingerprint density at radius 1 is 1.42 bits per heavy atom. The van der Waals surface area contributed by atoms with Gasteiger partial charge in [0.05, 0.1) is 0 Å². The van der Waals surface area contributed by atoms with Gasteiger partial charge >= 0.3 is 0 Å². The van der Waals surface area contributed by atoms with E-state index in [2.05, 4.69) is 9.71 Å². The van der Waals surface area contributed by atoms with E-state index in [9.17, 15) is 0 Å². The van der Waals surface area contributed by atoms with E-state index in [1.807, 2.05) is 43.7 Å². The third-order valence-electron chi connectivity index (χ3n) is 1.24. The van der Waals surface area contributed by atoms with E-state index >= 15 is 0 Å². The lowest BCUT2D eigenvalue weighted by molar-refractivity contribution is 0.706. The molecule has 1 aromatic rings. The summed E-state index contributed by atoms with van der Waals surface area (Å²) < 4.78 is 5.08. The Kier molecular flexibility index (Phi) is 3.37. The van der Waals surface area contributed by atoms with Crippen molar-refractivity contribution < 1.29 is 0 Å². The van der Waals surface area contributed by atoms with E-state index in [0.29, 0.717) is 0 Å². The lowest BCUT2D eigenvalue weighted by Gasteiger charge is -2.09. The fraction of sp³-hybridized carbons (Fsp3) is 0.375. The third kappa shape index (κ3) is 3.11. The number of nitrogens with one attached hydrogen (secondary N) is 1. The Hall–Kier alpha value is -0.740. The molecule has 1 N–H and O–H groups in total. The van der Waals surface area contributed by atoms with Crippen LogP contribution in [0.4, 0.5) is 5.82 Å². The van der Waals surface area contributed by atoms with Crippen LogP contribution in [0.15, 0.2) is 18.3 Å². The van der Waals surface area contributed by atoms with Gasteiger partial charge in [-0.15, -0.1) is 0 Å². The summed E-state index contributed by atoms with van der Waals surface area (Å²) in [5, 5.41) is 0. The lowest BCUT2D eigenvalue weighted by atomic mass is 10.3. The number of rotatable bonds is 3. The predicted molar refractivity (Wildman–Crippen MR) is 53.9 cm³/mol. The summed E-state index contributed by atoms with van der Waals surface area (Å²) in [5.74, 6) is 0.888. The molecule has 66 valence electrons. The highest BCUT2D eigenvalue weighted by molar-refractivity contribution is 7.98. The van der Waals surface area contributed by atoms with Gasteiger partial charge in [-0.05, 0) is 32.6 Å². The SMILES string of the molecule is Cc1ccc(NSN(C)C)nc1. The van der Waals surface area contributed by atoms with Gasteiger partial charge in [-0.1, -0.05) is 6.07 Å². The molecule has 4 heteroatoms. The smallest absolute Gasteiger partial charge is 0.136 e. The van der Waals surface area contributed by atoms with Crippen molar-refractivity contribution >= 4 is 18.0 Å². The number of hydrogen-bond donors (Lipinski definition) is 1. The average Bonchev–Trinajstić information content (AvgIpc) is 2.03. The number of nitrogens with zero attached hydrogens (tertiary/aromatic N) is 2. The van der Waals surface area contributed by atoms with Crippen LogP contribution in [-0.2, 0) is 0 Å². The molecule has 0 aliphatic rings. The van der Waals surface area contributed by atoms with Crippen molar-refractivity contribution in [3.63, 3.8) is 0 Å². The van der Waals surface area contributed by atoms with Gasteiger partial charge in [-0.25, -0.2) is 9.29 Å². The molecule has 0 radical (unpaired) electrons. The Morgan fingerprint density at radius 2 is 2.17 bits per heavy atom. The molecule has 1 rings (SSSR count). The van der Waals surface area contributed by atoms with Crippen molar-refractivity contribution in [3.05, 3.63) is 23.9 Å². The van der Waals surface area contributed by atoms with E-state index in [4.69, 9.17) is 0 Å². The second-order valence-electron chi connectivity index (χ2n) is 2.73. The molecule has 0 aromatic carbocycles. The Balaban J connectivity index is 2.48. The van der Waals surface area contributed by atoms with Gasteiger partial charge in [0.2, 0.25) is 0 Å². The zero-order valence-corrected chi connectivity index (χ0v) is 8.35. The second-order valence-corrected chi connectivity index (χ2v) is 3.84.